The molecule has 1 unspecified atom stereocenters. The molecule has 0 aliphatic heterocycles. The largest absolute Gasteiger partial charge is 0.249 e. The van der Waals surface area contributed by atoms with E-state index in [1.54, 1.807) is 0 Å². The molecule has 1 aromatic heterocycles. The van der Waals surface area contributed by atoms with Crippen molar-refractivity contribution in [2.24, 2.45) is 0 Å². The number of halogens is 1. The molecule has 1 heterocycles. The Balaban J connectivity index is 2.49. The molecule has 96 valence electrons. The van der Waals surface area contributed by atoms with Crippen LogP contribution in [-0.4, -0.2) is 4.98 Å². The fraction of sp³-hybridized carbons (Fsp3) is 0.667. The van der Waals surface area contributed by atoms with Crippen LogP contribution in [0.1, 0.15) is 70.3 Å². The van der Waals surface area contributed by atoms with E-state index in [1.165, 1.54) is 50.5 Å². The summed E-state index contributed by atoms with van der Waals surface area (Å²) in [5.74, 6) is 0.706. The molecule has 0 fully saturated rings. The van der Waals surface area contributed by atoms with E-state index in [0.717, 1.165) is 4.60 Å². The third-order valence-corrected chi connectivity index (χ3v) is 3.73. The minimum atomic E-state index is 0.706. The van der Waals surface area contributed by atoms with E-state index in [2.05, 4.69) is 46.9 Å². The van der Waals surface area contributed by atoms with Gasteiger partial charge in [-0.15, -0.1) is 0 Å². The Kier molecular flexibility index (Phi) is 7.50. The van der Waals surface area contributed by atoms with Crippen molar-refractivity contribution in [1.29, 1.82) is 0 Å². The Bertz CT molecular complexity index is 294. The normalized spacial score (nSPS) is 12.6. The molecule has 0 aromatic carbocycles. The Labute approximate surface area is 114 Å². The van der Waals surface area contributed by atoms with Gasteiger partial charge >= 0.3 is 0 Å². The Morgan fingerprint density at radius 1 is 1.06 bits per heavy atom. The lowest BCUT2D eigenvalue weighted by Gasteiger charge is -2.16. The summed E-state index contributed by atoms with van der Waals surface area (Å²) in [4.78, 5) is 4.34. The van der Waals surface area contributed by atoms with Crippen LogP contribution < -0.4 is 0 Å². The summed E-state index contributed by atoms with van der Waals surface area (Å²) < 4.78 is 0.933. The highest BCUT2D eigenvalue weighted by atomic mass is 79.9. The quantitative estimate of drug-likeness (QED) is 0.443. The first-order chi connectivity index (χ1) is 8.27. The van der Waals surface area contributed by atoms with Crippen molar-refractivity contribution in [2.45, 2.75) is 64.7 Å². The zero-order valence-electron chi connectivity index (χ0n) is 11.1. The van der Waals surface area contributed by atoms with Gasteiger partial charge in [0.15, 0.2) is 0 Å². The molecule has 0 aliphatic carbocycles. The second kappa shape index (κ2) is 8.68. The number of rotatable bonds is 8. The van der Waals surface area contributed by atoms with Crippen LogP contribution in [0.2, 0.25) is 0 Å². The number of aromatic nitrogens is 1. The van der Waals surface area contributed by atoms with Crippen molar-refractivity contribution in [3.63, 3.8) is 0 Å². The van der Waals surface area contributed by atoms with Gasteiger partial charge in [0.2, 0.25) is 0 Å². The average Bonchev–Trinajstić information content (AvgIpc) is 2.34. The number of nitrogens with zero attached hydrogens (tertiary/aromatic N) is 1. The zero-order valence-corrected chi connectivity index (χ0v) is 12.7. The molecule has 0 bridgehead atoms. The zero-order chi connectivity index (χ0) is 12.5. The summed E-state index contributed by atoms with van der Waals surface area (Å²) in [5, 5.41) is 0. The smallest absolute Gasteiger partial charge is 0.106 e. The summed E-state index contributed by atoms with van der Waals surface area (Å²) in [6.07, 6.45) is 11.3. The molecule has 0 amide bonds. The first-order valence-corrected chi connectivity index (χ1v) is 7.68. The second-order valence-corrected chi connectivity index (χ2v) is 5.56. The molecule has 1 atom stereocenters. The molecule has 0 saturated heterocycles. The van der Waals surface area contributed by atoms with Crippen molar-refractivity contribution in [3.05, 3.63) is 28.5 Å². The van der Waals surface area contributed by atoms with Crippen molar-refractivity contribution >= 4 is 15.9 Å². The van der Waals surface area contributed by atoms with E-state index >= 15 is 0 Å². The molecule has 0 radical (unpaired) electrons. The minimum absolute atomic E-state index is 0.706. The van der Waals surface area contributed by atoms with Crippen LogP contribution in [0.3, 0.4) is 0 Å². The summed E-state index contributed by atoms with van der Waals surface area (Å²) in [7, 11) is 0. The first-order valence-electron chi connectivity index (χ1n) is 6.89. The highest BCUT2D eigenvalue weighted by Gasteiger charge is 2.10. The van der Waals surface area contributed by atoms with Gasteiger partial charge in [-0.1, -0.05) is 52.0 Å². The van der Waals surface area contributed by atoms with Gasteiger partial charge < -0.3 is 0 Å². The van der Waals surface area contributed by atoms with Crippen LogP contribution in [0.15, 0.2) is 22.9 Å². The Morgan fingerprint density at radius 3 is 2.47 bits per heavy atom. The van der Waals surface area contributed by atoms with Crippen molar-refractivity contribution < 1.29 is 0 Å². The van der Waals surface area contributed by atoms with Gasteiger partial charge in [0.25, 0.3) is 0 Å². The monoisotopic (exact) mass is 297 g/mol. The SMILES string of the molecule is CCCCCCC(CCC)c1ccc(Br)nc1. The van der Waals surface area contributed by atoms with E-state index in [-0.39, 0.29) is 0 Å². The van der Waals surface area contributed by atoms with Crippen LogP contribution in [0.5, 0.6) is 0 Å². The lowest BCUT2D eigenvalue weighted by Crippen LogP contribution is -1.99. The van der Waals surface area contributed by atoms with Gasteiger partial charge in [0, 0.05) is 6.20 Å². The molecule has 1 rings (SSSR count). The fourth-order valence-corrected chi connectivity index (χ4v) is 2.51. The highest BCUT2D eigenvalue weighted by Crippen LogP contribution is 2.27. The standard InChI is InChI=1S/C15H24BrN/c1-3-5-6-7-9-13(8-4-2)14-10-11-15(16)17-12-14/h10-13H,3-9H2,1-2H3. The average molecular weight is 298 g/mol. The molecule has 0 spiro atoms. The third-order valence-electron chi connectivity index (χ3n) is 3.26. The van der Waals surface area contributed by atoms with Crippen LogP contribution in [-0.2, 0) is 0 Å². The van der Waals surface area contributed by atoms with Gasteiger partial charge in [-0.25, -0.2) is 4.98 Å². The Hall–Kier alpha value is -0.370. The minimum Gasteiger partial charge on any atom is -0.249 e. The second-order valence-electron chi connectivity index (χ2n) is 4.75. The molecule has 0 aliphatic rings. The fourth-order valence-electron chi connectivity index (χ4n) is 2.27. The van der Waals surface area contributed by atoms with Gasteiger partial charge in [-0.2, -0.15) is 0 Å². The molecule has 1 aromatic rings. The molecule has 0 saturated carbocycles. The maximum absolute atomic E-state index is 4.34. The van der Waals surface area contributed by atoms with Crippen LogP contribution >= 0.6 is 15.9 Å². The predicted molar refractivity (Wildman–Crippen MR) is 78.3 cm³/mol. The Morgan fingerprint density at radius 2 is 1.88 bits per heavy atom. The maximum Gasteiger partial charge on any atom is 0.106 e. The van der Waals surface area contributed by atoms with Crippen molar-refractivity contribution in [3.8, 4) is 0 Å². The van der Waals surface area contributed by atoms with Crippen LogP contribution in [0.25, 0.3) is 0 Å². The van der Waals surface area contributed by atoms with Gasteiger partial charge in [-0.3, -0.25) is 0 Å². The number of pyridine rings is 1. The molecular formula is C15H24BrN. The summed E-state index contributed by atoms with van der Waals surface area (Å²) >= 11 is 3.40. The predicted octanol–water partition coefficient (Wildman–Crippen LogP) is 5.70. The topological polar surface area (TPSA) is 12.9 Å². The van der Waals surface area contributed by atoms with Crippen LogP contribution in [0.4, 0.5) is 0 Å². The summed E-state index contributed by atoms with van der Waals surface area (Å²) in [5.41, 5.74) is 1.41. The van der Waals surface area contributed by atoms with E-state index in [9.17, 15) is 0 Å². The molecular weight excluding hydrogens is 274 g/mol. The van der Waals surface area contributed by atoms with Gasteiger partial charge in [0.1, 0.15) is 4.60 Å². The lowest BCUT2D eigenvalue weighted by molar-refractivity contribution is 0.520. The van der Waals surface area contributed by atoms with Crippen LogP contribution in [0, 0.1) is 0 Å². The third kappa shape index (κ3) is 5.67. The number of hydrogen-bond donors (Lipinski definition) is 0. The number of hydrogen-bond acceptors (Lipinski definition) is 1. The lowest BCUT2D eigenvalue weighted by atomic mass is 9.90. The van der Waals surface area contributed by atoms with E-state index < -0.39 is 0 Å². The molecule has 1 nitrogen and oxygen atoms in total. The van der Waals surface area contributed by atoms with E-state index in [1.807, 2.05) is 6.20 Å². The van der Waals surface area contributed by atoms with Crippen molar-refractivity contribution in [1.82, 2.24) is 4.98 Å². The molecule has 2 heteroatoms. The van der Waals surface area contributed by atoms with Gasteiger partial charge in [-0.05, 0) is 46.3 Å². The summed E-state index contributed by atoms with van der Waals surface area (Å²) in [6, 6.07) is 4.28. The van der Waals surface area contributed by atoms with E-state index in [0.29, 0.717) is 5.92 Å². The summed E-state index contributed by atoms with van der Waals surface area (Å²) in [6.45, 7) is 4.54. The van der Waals surface area contributed by atoms with Gasteiger partial charge in [0.05, 0.1) is 0 Å². The first kappa shape index (κ1) is 14.7. The highest BCUT2D eigenvalue weighted by molar-refractivity contribution is 9.10. The molecule has 0 N–H and O–H groups in total. The van der Waals surface area contributed by atoms with Crippen molar-refractivity contribution in [2.75, 3.05) is 0 Å². The van der Waals surface area contributed by atoms with E-state index in [4.69, 9.17) is 0 Å². The molecule has 17 heavy (non-hydrogen) atoms. The maximum atomic E-state index is 4.34. The number of unbranched alkanes of at least 4 members (excludes halogenated alkanes) is 3.